The number of rotatable bonds is 5. The summed E-state index contributed by atoms with van der Waals surface area (Å²) < 4.78 is 0. The van der Waals surface area contributed by atoms with Gasteiger partial charge < -0.3 is 10.2 Å². The maximum atomic E-state index is 12.6. The summed E-state index contributed by atoms with van der Waals surface area (Å²) >= 11 is 0. The van der Waals surface area contributed by atoms with Crippen molar-refractivity contribution in [2.24, 2.45) is 0 Å². The van der Waals surface area contributed by atoms with E-state index in [1.54, 1.807) is 12.1 Å². The molecule has 1 amide bonds. The molecule has 6 nitrogen and oxygen atoms in total. The van der Waals surface area contributed by atoms with Crippen molar-refractivity contribution in [3.05, 3.63) is 39.9 Å². The van der Waals surface area contributed by atoms with Crippen LogP contribution in [0.2, 0.25) is 0 Å². The van der Waals surface area contributed by atoms with Crippen LogP contribution >= 0.6 is 12.4 Å². The number of hydrogen-bond acceptors (Lipinski definition) is 4. The molecule has 1 aliphatic heterocycles. The SMILES string of the molecule is CCCN(C(=O)c1cccc([N+](=O)[O-])c1)C1CCNC1.Cl. The van der Waals surface area contributed by atoms with Crippen molar-refractivity contribution >= 4 is 24.0 Å². The van der Waals surface area contributed by atoms with Crippen LogP contribution in [-0.2, 0) is 0 Å². The molecular formula is C14H20ClN3O3. The summed E-state index contributed by atoms with van der Waals surface area (Å²) in [7, 11) is 0. The molecule has 116 valence electrons. The number of non-ortho nitro benzene ring substituents is 1. The molecule has 0 spiro atoms. The molecule has 0 aromatic heterocycles. The van der Waals surface area contributed by atoms with Gasteiger partial charge in [0.1, 0.15) is 0 Å². The van der Waals surface area contributed by atoms with Crippen LogP contribution in [0.5, 0.6) is 0 Å². The quantitative estimate of drug-likeness (QED) is 0.668. The molecule has 1 aromatic rings. The smallest absolute Gasteiger partial charge is 0.270 e. The molecule has 7 heteroatoms. The number of benzene rings is 1. The Balaban J connectivity index is 0.00000220. The summed E-state index contributed by atoms with van der Waals surface area (Å²) in [5, 5.41) is 14.0. The molecule has 1 fully saturated rings. The van der Waals surface area contributed by atoms with Crippen LogP contribution in [0.1, 0.15) is 30.1 Å². The van der Waals surface area contributed by atoms with Crippen molar-refractivity contribution in [3.8, 4) is 0 Å². The Hall–Kier alpha value is -1.66. The minimum atomic E-state index is -0.474. The lowest BCUT2D eigenvalue weighted by Gasteiger charge is -2.28. The first-order valence-electron chi connectivity index (χ1n) is 6.89. The topological polar surface area (TPSA) is 75.5 Å². The van der Waals surface area contributed by atoms with Crippen LogP contribution in [0.4, 0.5) is 5.69 Å². The predicted octanol–water partition coefficient (Wildman–Crippen LogP) is 2.23. The Morgan fingerprint density at radius 2 is 2.29 bits per heavy atom. The minimum Gasteiger partial charge on any atom is -0.334 e. The van der Waals surface area contributed by atoms with E-state index in [-0.39, 0.29) is 30.0 Å². The monoisotopic (exact) mass is 313 g/mol. The van der Waals surface area contributed by atoms with Crippen molar-refractivity contribution in [1.29, 1.82) is 0 Å². The largest absolute Gasteiger partial charge is 0.334 e. The maximum absolute atomic E-state index is 12.6. The fraction of sp³-hybridized carbons (Fsp3) is 0.500. The molecule has 1 aromatic carbocycles. The molecule has 2 rings (SSSR count). The molecule has 1 saturated heterocycles. The first-order chi connectivity index (χ1) is 9.63. The number of nitro groups is 1. The Morgan fingerprint density at radius 1 is 1.52 bits per heavy atom. The van der Waals surface area contributed by atoms with E-state index in [1.807, 2.05) is 11.8 Å². The standard InChI is InChI=1S/C14H19N3O3.ClH/c1-2-8-16(13-6-7-15-10-13)14(18)11-4-3-5-12(9-11)17(19)20;/h3-5,9,13,15H,2,6-8,10H2,1H3;1H. The molecule has 21 heavy (non-hydrogen) atoms. The Kier molecular flexibility index (Phi) is 6.58. The van der Waals surface area contributed by atoms with Crippen LogP contribution in [0.25, 0.3) is 0 Å². The number of hydrogen-bond donors (Lipinski definition) is 1. The minimum absolute atomic E-state index is 0. The number of halogens is 1. The summed E-state index contributed by atoms with van der Waals surface area (Å²) in [6.45, 7) is 4.40. The number of carbonyl (C=O) groups excluding carboxylic acids is 1. The Labute approximate surface area is 130 Å². The zero-order chi connectivity index (χ0) is 14.5. The number of nitrogens with one attached hydrogen (secondary N) is 1. The third-order valence-electron chi connectivity index (χ3n) is 3.50. The van der Waals surface area contributed by atoms with Gasteiger partial charge in [-0.05, 0) is 25.5 Å². The predicted molar refractivity (Wildman–Crippen MR) is 82.9 cm³/mol. The van der Waals surface area contributed by atoms with Crippen molar-refractivity contribution in [1.82, 2.24) is 10.2 Å². The third-order valence-corrected chi connectivity index (χ3v) is 3.50. The summed E-state index contributed by atoms with van der Waals surface area (Å²) in [5.74, 6) is -0.121. The van der Waals surface area contributed by atoms with Gasteiger partial charge in [0.25, 0.3) is 11.6 Å². The van der Waals surface area contributed by atoms with Gasteiger partial charge in [-0.1, -0.05) is 13.0 Å². The van der Waals surface area contributed by atoms with Gasteiger partial charge in [-0.15, -0.1) is 12.4 Å². The number of carbonyl (C=O) groups is 1. The first-order valence-corrected chi connectivity index (χ1v) is 6.89. The van der Waals surface area contributed by atoms with Gasteiger partial charge >= 0.3 is 0 Å². The van der Waals surface area contributed by atoms with E-state index in [4.69, 9.17) is 0 Å². The van der Waals surface area contributed by atoms with Crippen molar-refractivity contribution in [2.75, 3.05) is 19.6 Å². The molecule has 1 unspecified atom stereocenters. The molecular weight excluding hydrogens is 294 g/mol. The van der Waals surface area contributed by atoms with Gasteiger partial charge in [0.15, 0.2) is 0 Å². The van der Waals surface area contributed by atoms with E-state index in [0.717, 1.165) is 25.9 Å². The molecule has 0 aliphatic carbocycles. The summed E-state index contributed by atoms with van der Waals surface area (Å²) in [4.78, 5) is 24.7. The zero-order valence-electron chi connectivity index (χ0n) is 11.9. The van der Waals surface area contributed by atoms with Crippen LogP contribution in [-0.4, -0.2) is 41.4 Å². The van der Waals surface area contributed by atoms with Crippen molar-refractivity contribution in [2.45, 2.75) is 25.8 Å². The average Bonchev–Trinajstić information content (AvgIpc) is 2.98. The number of nitro benzene ring substituents is 1. The number of nitrogens with zero attached hydrogens (tertiary/aromatic N) is 2. The lowest BCUT2D eigenvalue weighted by atomic mass is 10.1. The van der Waals surface area contributed by atoms with Gasteiger partial charge in [-0.3, -0.25) is 14.9 Å². The highest BCUT2D eigenvalue weighted by atomic mass is 35.5. The third kappa shape index (κ3) is 4.15. The van der Waals surface area contributed by atoms with Crippen LogP contribution < -0.4 is 5.32 Å². The summed E-state index contributed by atoms with van der Waals surface area (Å²) in [5.41, 5.74) is 0.344. The van der Waals surface area contributed by atoms with Gasteiger partial charge in [0.05, 0.1) is 4.92 Å². The van der Waals surface area contributed by atoms with Crippen molar-refractivity contribution in [3.63, 3.8) is 0 Å². The van der Waals surface area contributed by atoms with Gasteiger partial charge in [-0.2, -0.15) is 0 Å². The van der Waals surface area contributed by atoms with Crippen LogP contribution in [0.3, 0.4) is 0 Å². The molecule has 0 bridgehead atoms. The first kappa shape index (κ1) is 17.4. The second kappa shape index (κ2) is 7.95. The summed E-state index contributed by atoms with van der Waals surface area (Å²) in [6, 6.07) is 6.13. The van der Waals surface area contributed by atoms with E-state index in [1.165, 1.54) is 12.1 Å². The fourth-order valence-electron chi connectivity index (χ4n) is 2.51. The van der Waals surface area contributed by atoms with Gasteiger partial charge in [-0.25, -0.2) is 0 Å². The van der Waals surface area contributed by atoms with Crippen LogP contribution in [0, 0.1) is 10.1 Å². The molecule has 1 heterocycles. The highest BCUT2D eigenvalue weighted by Gasteiger charge is 2.27. The Bertz CT molecular complexity index is 504. The lowest BCUT2D eigenvalue weighted by Crippen LogP contribution is -2.42. The molecule has 1 atom stereocenters. The van der Waals surface area contributed by atoms with E-state index in [2.05, 4.69) is 5.32 Å². The molecule has 1 N–H and O–H groups in total. The second-order valence-corrected chi connectivity index (χ2v) is 4.95. The fourth-order valence-corrected chi connectivity index (χ4v) is 2.51. The van der Waals surface area contributed by atoms with E-state index in [0.29, 0.717) is 12.1 Å². The highest BCUT2D eigenvalue weighted by Crippen LogP contribution is 2.18. The Morgan fingerprint density at radius 3 is 2.86 bits per heavy atom. The van der Waals surface area contributed by atoms with Crippen molar-refractivity contribution < 1.29 is 9.72 Å². The molecule has 1 aliphatic rings. The van der Waals surface area contributed by atoms with Crippen LogP contribution in [0.15, 0.2) is 24.3 Å². The van der Waals surface area contributed by atoms with E-state index in [9.17, 15) is 14.9 Å². The lowest BCUT2D eigenvalue weighted by molar-refractivity contribution is -0.384. The average molecular weight is 314 g/mol. The molecule has 0 radical (unpaired) electrons. The van der Waals surface area contributed by atoms with E-state index < -0.39 is 4.92 Å². The zero-order valence-corrected chi connectivity index (χ0v) is 12.8. The van der Waals surface area contributed by atoms with E-state index >= 15 is 0 Å². The normalized spacial score (nSPS) is 17.1. The van der Waals surface area contributed by atoms with Gasteiger partial charge in [0.2, 0.25) is 0 Å². The summed E-state index contributed by atoms with van der Waals surface area (Å²) in [6.07, 6.45) is 1.80. The van der Waals surface area contributed by atoms with Gasteiger partial charge in [0, 0.05) is 36.8 Å². The molecule has 0 saturated carbocycles. The maximum Gasteiger partial charge on any atom is 0.270 e. The number of amides is 1. The second-order valence-electron chi connectivity index (χ2n) is 4.95. The highest BCUT2D eigenvalue weighted by molar-refractivity contribution is 5.95.